The Morgan fingerprint density at radius 3 is 2.67 bits per heavy atom. The van der Waals surface area contributed by atoms with E-state index in [0.717, 1.165) is 23.5 Å². The standard InChI is InChI=1S/C12H19N3/c1-9(2)8-15-11-4-5-12(14-3)10(6-11)7-13/h4-7,9,13-15H,8H2,1-3H3. The Morgan fingerprint density at radius 1 is 1.40 bits per heavy atom. The minimum atomic E-state index is 0.623. The van der Waals surface area contributed by atoms with Gasteiger partial charge in [-0.1, -0.05) is 13.8 Å². The van der Waals surface area contributed by atoms with E-state index in [-0.39, 0.29) is 0 Å². The quantitative estimate of drug-likeness (QED) is 0.647. The lowest BCUT2D eigenvalue weighted by Crippen LogP contribution is -2.08. The SMILES string of the molecule is CNc1ccc(NCC(C)C)cc1C=N. The Hall–Kier alpha value is -1.51. The van der Waals surface area contributed by atoms with Gasteiger partial charge in [0.2, 0.25) is 0 Å². The van der Waals surface area contributed by atoms with Gasteiger partial charge >= 0.3 is 0 Å². The van der Waals surface area contributed by atoms with Crippen LogP contribution in [0.4, 0.5) is 11.4 Å². The van der Waals surface area contributed by atoms with Crippen LogP contribution in [0.15, 0.2) is 18.2 Å². The van der Waals surface area contributed by atoms with Crippen LogP contribution in [-0.2, 0) is 0 Å². The summed E-state index contributed by atoms with van der Waals surface area (Å²) in [5, 5.41) is 13.7. The van der Waals surface area contributed by atoms with Gasteiger partial charge in [0.05, 0.1) is 0 Å². The topological polar surface area (TPSA) is 47.9 Å². The summed E-state index contributed by atoms with van der Waals surface area (Å²) in [7, 11) is 1.86. The van der Waals surface area contributed by atoms with Gasteiger partial charge in [0, 0.05) is 36.7 Å². The van der Waals surface area contributed by atoms with Crippen LogP contribution in [0.2, 0.25) is 0 Å². The van der Waals surface area contributed by atoms with Crippen LogP contribution in [0.1, 0.15) is 19.4 Å². The molecule has 0 saturated heterocycles. The summed E-state index contributed by atoms with van der Waals surface area (Å²) in [6, 6.07) is 6.01. The van der Waals surface area contributed by atoms with Crippen molar-refractivity contribution in [3.63, 3.8) is 0 Å². The summed E-state index contributed by atoms with van der Waals surface area (Å²) in [4.78, 5) is 0. The van der Waals surface area contributed by atoms with E-state index in [1.165, 1.54) is 6.21 Å². The van der Waals surface area contributed by atoms with E-state index >= 15 is 0 Å². The first-order valence-electron chi connectivity index (χ1n) is 5.23. The third-order valence-electron chi connectivity index (χ3n) is 2.19. The first-order valence-corrected chi connectivity index (χ1v) is 5.23. The molecule has 0 aliphatic heterocycles. The van der Waals surface area contributed by atoms with Gasteiger partial charge in [-0.05, 0) is 24.1 Å². The minimum absolute atomic E-state index is 0.623. The number of benzene rings is 1. The molecule has 3 heteroatoms. The molecule has 82 valence electrons. The maximum absolute atomic E-state index is 7.31. The molecular formula is C12H19N3. The van der Waals surface area contributed by atoms with Crippen molar-refractivity contribution in [2.45, 2.75) is 13.8 Å². The highest BCUT2D eigenvalue weighted by Crippen LogP contribution is 2.18. The van der Waals surface area contributed by atoms with Crippen molar-refractivity contribution in [1.29, 1.82) is 5.41 Å². The molecule has 15 heavy (non-hydrogen) atoms. The molecule has 1 aromatic carbocycles. The zero-order chi connectivity index (χ0) is 11.3. The highest BCUT2D eigenvalue weighted by atomic mass is 14.9. The largest absolute Gasteiger partial charge is 0.388 e. The summed E-state index contributed by atoms with van der Waals surface area (Å²) in [5.41, 5.74) is 2.97. The molecule has 0 heterocycles. The Labute approximate surface area is 91.4 Å². The maximum Gasteiger partial charge on any atom is 0.0428 e. The number of rotatable bonds is 5. The molecule has 0 spiro atoms. The number of nitrogens with one attached hydrogen (secondary N) is 3. The van der Waals surface area contributed by atoms with Crippen molar-refractivity contribution in [3.8, 4) is 0 Å². The molecule has 3 N–H and O–H groups in total. The monoisotopic (exact) mass is 205 g/mol. The molecule has 0 aliphatic carbocycles. The minimum Gasteiger partial charge on any atom is -0.388 e. The molecule has 0 unspecified atom stereocenters. The fourth-order valence-electron chi connectivity index (χ4n) is 1.34. The summed E-state index contributed by atoms with van der Waals surface area (Å²) in [6.07, 6.45) is 1.37. The predicted octanol–water partition coefficient (Wildman–Crippen LogP) is 2.79. The summed E-state index contributed by atoms with van der Waals surface area (Å²) < 4.78 is 0. The average Bonchev–Trinajstić information content (AvgIpc) is 2.25. The van der Waals surface area contributed by atoms with Crippen LogP contribution in [0.25, 0.3) is 0 Å². The molecule has 1 aromatic rings. The van der Waals surface area contributed by atoms with E-state index in [0.29, 0.717) is 5.92 Å². The van der Waals surface area contributed by atoms with E-state index in [9.17, 15) is 0 Å². The average molecular weight is 205 g/mol. The fraction of sp³-hybridized carbons (Fsp3) is 0.417. The lowest BCUT2D eigenvalue weighted by atomic mass is 10.1. The zero-order valence-corrected chi connectivity index (χ0v) is 9.59. The van der Waals surface area contributed by atoms with Gasteiger partial charge in [-0.25, -0.2) is 0 Å². The smallest absolute Gasteiger partial charge is 0.0428 e. The molecule has 0 amide bonds. The second kappa shape index (κ2) is 5.39. The highest BCUT2D eigenvalue weighted by molar-refractivity contribution is 5.87. The molecule has 3 nitrogen and oxygen atoms in total. The predicted molar refractivity (Wildman–Crippen MR) is 67.2 cm³/mol. The molecular weight excluding hydrogens is 186 g/mol. The molecule has 0 aromatic heterocycles. The van der Waals surface area contributed by atoms with Crippen LogP contribution in [-0.4, -0.2) is 19.8 Å². The van der Waals surface area contributed by atoms with Gasteiger partial charge in [-0.15, -0.1) is 0 Å². The number of anilines is 2. The Balaban J connectivity index is 2.79. The second-order valence-corrected chi connectivity index (χ2v) is 3.97. The molecule has 0 radical (unpaired) electrons. The van der Waals surface area contributed by atoms with Gasteiger partial charge < -0.3 is 16.0 Å². The summed E-state index contributed by atoms with van der Waals surface area (Å²) >= 11 is 0. The van der Waals surface area contributed by atoms with Crippen LogP contribution in [0.5, 0.6) is 0 Å². The Morgan fingerprint density at radius 2 is 2.13 bits per heavy atom. The lowest BCUT2D eigenvalue weighted by molar-refractivity contribution is 0.689. The van der Waals surface area contributed by atoms with E-state index in [4.69, 9.17) is 5.41 Å². The van der Waals surface area contributed by atoms with Crippen molar-refractivity contribution in [2.75, 3.05) is 24.2 Å². The van der Waals surface area contributed by atoms with Gasteiger partial charge in [-0.3, -0.25) is 0 Å². The molecule has 1 rings (SSSR count). The maximum atomic E-state index is 7.31. The molecule has 0 fully saturated rings. The van der Waals surface area contributed by atoms with Crippen LogP contribution >= 0.6 is 0 Å². The van der Waals surface area contributed by atoms with Crippen molar-refractivity contribution >= 4 is 17.6 Å². The Bertz CT molecular complexity index is 332. The van der Waals surface area contributed by atoms with E-state index in [1.807, 2.05) is 25.2 Å². The zero-order valence-electron chi connectivity index (χ0n) is 9.59. The normalized spacial score (nSPS) is 10.1. The van der Waals surface area contributed by atoms with Gasteiger partial charge in [0.1, 0.15) is 0 Å². The van der Waals surface area contributed by atoms with Crippen molar-refractivity contribution in [1.82, 2.24) is 0 Å². The first-order chi connectivity index (χ1) is 7.17. The summed E-state index contributed by atoms with van der Waals surface area (Å²) in [5.74, 6) is 0.623. The first kappa shape index (κ1) is 11.6. The number of hydrogen-bond donors (Lipinski definition) is 3. The van der Waals surface area contributed by atoms with Gasteiger partial charge in [0.25, 0.3) is 0 Å². The van der Waals surface area contributed by atoms with Gasteiger partial charge in [-0.2, -0.15) is 0 Å². The molecule has 0 atom stereocenters. The third kappa shape index (κ3) is 3.27. The van der Waals surface area contributed by atoms with Crippen molar-refractivity contribution < 1.29 is 0 Å². The Kier molecular flexibility index (Phi) is 4.16. The molecule has 0 bridgehead atoms. The molecule has 0 aliphatic rings. The molecule has 0 saturated carbocycles. The van der Waals surface area contributed by atoms with Gasteiger partial charge in [0.15, 0.2) is 0 Å². The van der Waals surface area contributed by atoms with E-state index in [2.05, 4.69) is 24.5 Å². The van der Waals surface area contributed by atoms with E-state index < -0.39 is 0 Å². The highest BCUT2D eigenvalue weighted by Gasteiger charge is 2.00. The lowest BCUT2D eigenvalue weighted by Gasteiger charge is -2.11. The van der Waals surface area contributed by atoms with Crippen LogP contribution in [0.3, 0.4) is 0 Å². The van der Waals surface area contributed by atoms with E-state index in [1.54, 1.807) is 0 Å². The third-order valence-corrected chi connectivity index (χ3v) is 2.19. The van der Waals surface area contributed by atoms with Crippen LogP contribution in [0, 0.1) is 11.3 Å². The summed E-state index contributed by atoms with van der Waals surface area (Å²) in [6.45, 7) is 5.30. The fourth-order valence-corrected chi connectivity index (χ4v) is 1.34. The van der Waals surface area contributed by atoms with Crippen LogP contribution < -0.4 is 10.6 Å². The van der Waals surface area contributed by atoms with Crippen molar-refractivity contribution in [3.05, 3.63) is 23.8 Å². The number of hydrogen-bond acceptors (Lipinski definition) is 3. The van der Waals surface area contributed by atoms with Crippen molar-refractivity contribution in [2.24, 2.45) is 5.92 Å². The second-order valence-electron chi connectivity index (χ2n) is 3.97.